The summed E-state index contributed by atoms with van der Waals surface area (Å²) in [6.45, 7) is 6.57. The van der Waals surface area contributed by atoms with Gasteiger partial charge in [-0.3, -0.25) is 39.3 Å². The van der Waals surface area contributed by atoms with Crippen molar-refractivity contribution in [3.63, 3.8) is 0 Å². The van der Waals surface area contributed by atoms with Crippen LogP contribution in [0.3, 0.4) is 0 Å². The number of benzene rings is 2. The topological polar surface area (TPSA) is 124 Å². The molecule has 4 aliphatic heterocycles. The van der Waals surface area contributed by atoms with Crippen LogP contribution in [0.15, 0.2) is 73.2 Å². The highest BCUT2D eigenvalue weighted by Crippen LogP contribution is 2.33. The number of fused-ring (bicyclic) bond motifs is 4. The van der Waals surface area contributed by atoms with Crippen molar-refractivity contribution in [3.8, 4) is 11.1 Å². The molecule has 0 radical (unpaired) electrons. The number of nitrogens with one attached hydrogen (secondary N) is 1. The number of nitrogens with zero attached hydrogens (tertiary/aromatic N) is 7. The summed E-state index contributed by atoms with van der Waals surface area (Å²) in [5.74, 6) is -0.256. The van der Waals surface area contributed by atoms with Crippen molar-refractivity contribution in [2.45, 2.75) is 31.7 Å². The zero-order valence-electron chi connectivity index (χ0n) is 29.1. The summed E-state index contributed by atoms with van der Waals surface area (Å²) in [4.78, 5) is 67.9. The van der Waals surface area contributed by atoms with Gasteiger partial charge in [-0.25, -0.2) is 4.98 Å². The zero-order chi connectivity index (χ0) is 35.5. The molecule has 3 saturated heterocycles. The van der Waals surface area contributed by atoms with Gasteiger partial charge in [0.2, 0.25) is 11.8 Å². The third kappa shape index (κ3) is 5.58. The molecule has 0 spiro atoms. The number of pyridine rings is 2. The summed E-state index contributed by atoms with van der Waals surface area (Å²) in [7, 11) is 2.10. The second-order valence-electron chi connectivity index (χ2n) is 14.5. The monoisotopic (exact) mass is 696 g/mol. The molecular weight excluding hydrogens is 656 g/mol. The van der Waals surface area contributed by atoms with Crippen LogP contribution in [0.2, 0.25) is 0 Å². The fourth-order valence-electron chi connectivity index (χ4n) is 8.53. The van der Waals surface area contributed by atoms with Crippen molar-refractivity contribution >= 4 is 56.9 Å². The van der Waals surface area contributed by atoms with Crippen LogP contribution in [0, 0.1) is 5.92 Å². The Bertz CT molecular complexity index is 2250. The van der Waals surface area contributed by atoms with E-state index in [1.54, 1.807) is 12.1 Å². The smallest absolute Gasteiger partial charge is 0.262 e. The van der Waals surface area contributed by atoms with Gasteiger partial charge in [0.25, 0.3) is 11.8 Å². The number of hydrogen-bond acceptors (Lipinski definition) is 9. The lowest BCUT2D eigenvalue weighted by Gasteiger charge is -2.40. The minimum absolute atomic E-state index is 0.105. The van der Waals surface area contributed by atoms with Crippen molar-refractivity contribution in [3.05, 3.63) is 84.3 Å². The maximum absolute atomic E-state index is 13.3. The van der Waals surface area contributed by atoms with Gasteiger partial charge in [0, 0.05) is 105 Å². The lowest BCUT2D eigenvalue weighted by Crippen LogP contribution is -2.54. The van der Waals surface area contributed by atoms with E-state index in [1.165, 1.54) is 21.8 Å². The first-order chi connectivity index (χ1) is 25.3. The van der Waals surface area contributed by atoms with E-state index < -0.39 is 23.8 Å². The summed E-state index contributed by atoms with van der Waals surface area (Å²) in [6, 6.07) is 17.4. The Kier molecular flexibility index (Phi) is 7.99. The van der Waals surface area contributed by atoms with Crippen molar-refractivity contribution in [1.29, 1.82) is 0 Å². The number of carbonyl (C=O) groups is 4. The van der Waals surface area contributed by atoms with Crippen LogP contribution in [-0.2, 0) is 16.6 Å². The average Bonchev–Trinajstić information content (AvgIpc) is 3.60. The molecule has 5 aromatic rings. The van der Waals surface area contributed by atoms with E-state index in [1.807, 2.05) is 24.7 Å². The fraction of sp³-hybridized carbons (Fsp3) is 0.350. The number of carbonyl (C=O) groups excluding carboxylic acids is 4. The number of aryl methyl sites for hydroxylation is 1. The van der Waals surface area contributed by atoms with Crippen molar-refractivity contribution in [2.75, 3.05) is 55.6 Å². The molecule has 12 heteroatoms. The summed E-state index contributed by atoms with van der Waals surface area (Å²) >= 11 is 0. The first-order valence-electron chi connectivity index (χ1n) is 18.2. The molecule has 3 aromatic heterocycles. The van der Waals surface area contributed by atoms with Crippen LogP contribution in [0.1, 0.15) is 46.4 Å². The summed E-state index contributed by atoms with van der Waals surface area (Å²) < 4.78 is 2.23. The molecule has 0 aliphatic carbocycles. The third-order valence-electron chi connectivity index (χ3n) is 11.5. The molecule has 52 heavy (non-hydrogen) atoms. The summed E-state index contributed by atoms with van der Waals surface area (Å²) in [5, 5.41) is 4.63. The van der Waals surface area contributed by atoms with Gasteiger partial charge in [-0.2, -0.15) is 0 Å². The van der Waals surface area contributed by atoms with Crippen LogP contribution in [0.4, 0.5) is 11.5 Å². The van der Waals surface area contributed by atoms with E-state index in [0.29, 0.717) is 17.0 Å². The Morgan fingerprint density at radius 1 is 0.731 bits per heavy atom. The first-order valence-corrected chi connectivity index (χ1v) is 18.2. The van der Waals surface area contributed by atoms with Gasteiger partial charge in [0.1, 0.15) is 11.9 Å². The average molecular weight is 697 g/mol. The van der Waals surface area contributed by atoms with Gasteiger partial charge >= 0.3 is 0 Å². The lowest BCUT2D eigenvalue weighted by molar-refractivity contribution is -0.136. The number of piperazine rings is 1. The fourth-order valence-corrected chi connectivity index (χ4v) is 8.53. The normalized spacial score (nSPS) is 20.3. The SMILES string of the molecule is Cn1c2ccncc2c2ccc(-c3ccc(N4CCC(CN5CCN(c6ccc7c(c6)C(=O)N(C6CCC(=O)NC6=O)C7=O)CC5)CC4)nc3)cc21. The van der Waals surface area contributed by atoms with Crippen LogP contribution in [-0.4, -0.2) is 99.8 Å². The second kappa shape index (κ2) is 12.9. The number of aromatic nitrogens is 3. The quantitative estimate of drug-likeness (QED) is 0.260. The second-order valence-corrected chi connectivity index (χ2v) is 14.5. The number of anilines is 2. The molecule has 0 saturated carbocycles. The maximum Gasteiger partial charge on any atom is 0.262 e. The van der Waals surface area contributed by atoms with E-state index >= 15 is 0 Å². The Morgan fingerprint density at radius 2 is 1.52 bits per heavy atom. The van der Waals surface area contributed by atoms with Crippen LogP contribution < -0.4 is 15.1 Å². The van der Waals surface area contributed by atoms with Crippen LogP contribution in [0.25, 0.3) is 32.9 Å². The van der Waals surface area contributed by atoms with E-state index in [9.17, 15) is 19.2 Å². The van der Waals surface area contributed by atoms with Gasteiger partial charge in [0.05, 0.1) is 16.6 Å². The van der Waals surface area contributed by atoms with Crippen LogP contribution >= 0.6 is 0 Å². The van der Waals surface area contributed by atoms with Crippen molar-refractivity contribution < 1.29 is 19.2 Å². The molecule has 264 valence electrons. The largest absolute Gasteiger partial charge is 0.369 e. The van der Waals surface area contributed by atoms with E-state index in [0.717, 1.165) is 86.2 Å². The molecule has 4 aliphatic rings. The Morgan fingerprint density at radius 3 is 2.29 bits per heavy atom. The minimum Gasteiger partial charge on any atom is -0.369 e. The van der Waals surface area contributed by atoms with E-state index in [4.69, 9.17) is 4.98 Å². The summed E-state index contributed by atoms with van der Waals surface area (Å²) in [6.07, 6.45) is 8.28. The summed E-state index contributed by atoms with van der Waals surface area (Å²) in [5.41, 5.74) is 6.17. The number of hydrogen-bond donors (Lipinski definition) is 1. The minimum atomic E-state index is -0.957. The van der Waals surface area contributed by atoms with Crippen molar-refractivity contribution in [2.24, 2.45) is 13.0 Å². The molecule has 2 aromatic carbocycles. The number of piperidine rings is 2. The predicted octanol–water partition coefficient (Wildman–Crippen LogP) is 4.23. The van der Waals surface area contributed by atoms with Gasteiger partial charge in [0.15, 0.2) is 0 Å². The standard InChI is InChI=1S/C40H40N8O4/c1-44-33-10-13-41-23-32(33)29-5-2-26(20-35(29)44)27-3-8-36(42-22-27)47-14-11-25(12-15-47)24-45-16-18-46(19-17-45)28-4-6-30-31(21-28)40(52)48(39(30)51)34-7-9-37(49)43-38(34)50/h2-6,8,10,13,20-23,25,34H,7,9,11-12,14-19,24H2,1H3,(H,43,49,50). The molecule has 9 rings (SSSR count). The van der Waals surface area contributed by atoms with Gasteiger partial charge in [-0.15, -0.1) is 0 Å². The van der Waals surface area contributed by atoms with E-state index in [2.05, 4.69) is 73.0 Å². The molecule has 1 atom stereocenters. The van der Waals surface area contributed by atoms with Crippen LogP contribution in [0.5, 0.6) is 0 Å². The third-order valence-corrected chi connectivity index (χ3v) is 11.5. The molecular formula is C40H40N8O4. The Hall–Kier alpha value is -5.62. The molecule has 12 nitrogen and oxygen atoms in total. The first kappa shape index (κ1) is 32.3. The number of imide groups is 2. The van der Waals surface area contributed by atoms with Gasteiger partial charge in [-0.1, -0.05) is 12.1 Å². The van der Waals surface area contributed by atoms with E-state index in [-0.39, 0.29) is 18.7 Å². The molecule has 1 N–H and O–H groups in total. The number of rotatable bonds is 6. The van der Waals surface area contributed by atoms with Gasteiger partial charge in [-0.05, 0) is 73.2 Å². The molecule has 7 heterocycles. The van der Waals surface area contributed by atoms with Gasteiger partial charge < -0.3 is 14.4 Å². The highest BCUT2D eigenvalue weighted by atomic mass is 16.2. The number of amides is 4. The Balaban J connectivity index is 0.775. The molecule has 0 bridgehead atoms. The Labute approximate surface area is 301 Å². The highest BCUT2D eigenvalue weighted by molar-refractivity contribution is 6.23. The molecule has 1 unspecified atom stereocenters. The maximum atomic E-state index is 13.3. The van der Waals surface area contributed by atoms with Crippen molar-refractivity contribution in [1.82, 2.24) is 29.7 Å². The highest BCUT2D eigenvalue weighted by Gasteiger charge is 2.44. The molecule has 4 amide bonds. The predicted molar refractivity (Wildman–Crippen MR) is 198 cm³/mol. The zero-order valence-corrected chi connectivity index (χ0v) is 29.1. The molecule has 3 fully saturated rings. The lowest BCUT2D eigenvalue weighted by atomic mass is 9.95.